The van der Waals surface area contributed by atoms with Gasteiger partial charge in [-0.25, -0.2) is 0 Å². The lowest BCUT2D eigenvalue weighted by molar-refractivity contribution is 0.227. The minimum Gasteiger partial charge on any atom is -0.329 e. The lowest BCUT2D eigenvalue weighted by atomic mass is 10.1. The third-order valence-corrected chi connectivity index (χ3v) is 3.17. The molecule has 1 N–H and O–H groups in total. The number of aromatic amines is 1. The first-order valence-corrected chi connectivity index (χ1v) is 6.10. The maximum atomic E-state index is 11.8. The summed E-state index contributed by atoms with van der Waals surface area (Å²) in [5.41, 5.74) is 1.00. The topological polar surface area (TPSA) is 36.1 Å². The normalized spacial score (nSPS) is 21.8. The molecule has 0 amide bonds. The number of hydrogen-bond donors (Lipinski definition) is 1. The van der Waals surface area contributed by atoms with Gasteiger partial charge in [0.2, 0.25) is 0 Å². The summed E-state index contributed by atoms with van der Waals surface area (Å²) in [4.78, 5) is 17.0. The van der Waals surface area contributed by atoms with Crippen LogP contribution in [0.2, 0.25) is 0 Å². The maximum absolute atomic E-state index is 11.8. The van der Waals surface area contributed by atoms with E-state index in [1.165, 1.54) is 6.42 Å². The first kappa shape index (κ1) is 11.4. The summed E-state index contributed by atoms with van der Waals surface area (Å²) in [6.07, 6.45) is 4.01. The molecule has 3 heteroatoms. The highest BCUT2D eigenvalue weighted by atomic mass is 16.1. The Morgan fingerprint density at radius 1 is 1.56 bits per heavy atom. The molecule has 1 aliphatic rings. The molecular weight excluding hydrogens is 200 g/mol. The van der Waals surface area contributed by atoms with Gasteiger partial charge >= 0.3 is 0 Å². The average Bonchev–Trinajstić information content (AvgIpc) is 2.66. The quantitative estimate of drug-likeness (QED) is 0.847. The molecule has 1 aromatic rings. The van der Waals surface area contributed by atoms with Gasteiger partial charge in [-0.05, 0) is 31.4 Å². The highest BCUT2D eigenvalue weighted by Crippen LogP contribution is 2.30. The van der Waals surface area contributed by atoms with Crippen molar-refractivity contribution in [2.45, 2.75) is 32.7 Å². The molecule has 1 fully saturated rings. The van der Waals surface area contributed by atoms with E-state index in [1.807, 2.05) is 12.1 Å². The highest BCUT2D eigenvalue weighted by Gasteiger charge is 2.27. The van der Waals surface area contributed by atoms with Crippen LogP contribution in [-0.2, 0) is 0 Å². The number of nitrogens with one attached hydrogen (secondary N) is 1. The van der Waals surface area contributed by atoms with Crippen molar-refractivity contribution in [3.8, 4) is 0 Å². The summed E-state index contributed by atoms with van der Waals surface area (Å²) in [5.74, 6) is 0.656. The van der Waals surface area contributed by atoms with E-state index in [0.717, 1.165) is 25.1 Å². The number of nitrogens with zero attached hydrogens (tertiary/aromatic N) is 1. The van der Waals surface area contributed by atoms with Gasteiger partial charge in [-0.3, -0.25) is 9.69 Å². The van der Waals surface area contributed by atoms with Gasteiger partial charge < -0.3 is 4.98 Å². The largest absolute Gasteiger partial charge is 0.329 e. The lowest BCUT2D eigenvalue weighted by Crippen LogP contribution is -2.30. The molecule has 1 aromatic heterocycles. The van der Waals surface area contributed by atoms with Gasteiger partial charge in [0.15, 0.2) is 0 Å². The Morgan fingerprint density at radius 2 is 2.38 bits per heavy atom. The molecule has 0 saturated carbocycles. The molecule has 1 aliphatic heterocycles. The first-order chi connectivity index (χ1) is 7.68. The van der Waals surface area contributed by atoms with Gasteiger partial charge in [0, 0.05) is 24.3 Å². The van der Waals surface area contributed by atoms with E-state index in [2.05, 4.69) is 23.7 Å². The SMILES string of the molecule is CC(C)CN1CCC[C@H]1c1ccc[nH]c1=O. The summed E-state index contributed by atoms with van der Waals surface area (Å²) < 4.78 is 0. The second kappa shape index (κ2) is 4.83. The van der Waals surface area contributed by atoms with E-state index < -0.39 is 0 Å². The van der Waals surface area contributed by atoms with Crippen LogP contribution in [0.1, 0.15) is 38.3 Å². The van der Waals surface area contributed by atoms with Crippen LogP contribution >= 0.6 is 0 Å². The van der Waals surface area contributed by atoms with Crippen LogP contribution in [-0.4, -0.2) is 23.0 Å². The van der Waals surface area contributed by atoms with E-state index in [9.17, 15) is 4.79 Å². The summed E-state index contributed by atoms with van der Waals surface area (Å²) in [6, 6.07) is 4.21. The van der Waals surface area contributed by atoms with Crippen molar-refractivity contribution in [2.75, 3.05) is 13.1 Å². The Balaban J connectivity index is 2.20. The summed E-state index contributed by atoms with van der Waals surface area (Å²) in [7, 11) is 0. The predicted molar refractivity (Wildman–Crippen MR) is 65.4 cm³/mol. The van der Waals surface area contributed by atoms with Gasteiger partial charge in [-0.2, -0.15) is 0 Å². The number of likely N-dealkylation sites (tertiary alicyclic amines) is 1. The molecule has 1 saturated heterocycles. The smallest absolute Gasteiger partial charge is 0.252 e. The van der Waals surface area contributed by atoms with Crippen LogP contribution < -0.4 is 5.56 Å². The van der Waals surface area contributed by atoms with Crippen LogP contribution in [0, 0.1) is 5.92 Å². The van der Waals surface area contributed by atoms with Crippen molar-refractivity contribution in [3.63, 3.8) is 0 Å². The van der Waals surface area contributed by atoms with Gasteiger partial charge in [-0.1, -0.05) is 19.9 Å². The van der Waals surface area contributed by atoms with Crippen LogP contribution in [0.15, 0.2) is 23.1 Å². The predicted octanol–water partition coefficient (Wildman–Crippen LogP) is 2.17. The molecule has 0 radical (unpaired) electrons. The van der Waals surface area contributed by atoms with E-state index in [0.29, 0.717) is 12.0 Å². The fourth-order valence-electron chi connectivity index (χ4n) is 2.56. The average molecular weight is 220 g/mol. The highest BCUT2D eigenvalue weighted by molar-refractivity contribution is 5.15. The Morgan fingerprint density at radius 3 is 3.06 bits per heavy atom. The van der Waals surface area contributed by atoms with E-state index in [-0.39, 0.29) is 5.56 Å². The number of aromatic nitrogens is 1. The monoisotopic (exact) mass is 220 g/mol. The third kappa shape index (κ3) is 2.35. The van der Waals surface area contributed by atoms with E-state index in [1.54, 1.807) is 6.20 Å². The molecule has 88 valence electrons. The van der Waals surface area contributed by atoms with Crippen molar-refractivity contribution in [3.05, 3.63) is 34.2 Å². The minimum absolute atomic E-state index is 0.0724. The van der Waals surface area contributed by atoms with Crippen molar-refractivity contribution in [1.29, 1.82) is 0 Å². The fourth-order valence-corrected chi connectivity index (χ4v) is 2.56. The summed E-state index contributed by atoms with van der Waals surface area (Å²) >= 11 is 0. The third-order valence-electron chi connectivity index (χ3n) is 3.17. The molecule has 1 atom stereocenters. The summed E-state index contributed by atoms with van der Waals surface area (Å²) in [6.45, 7) is 6.66. The second-order valence-corrected chi connectivity index (χ2v) is 5.00. The van der Waals surface area contributed by atoms with Crippen LogP contribution in [0.4, 0.5) is 0 Å². The minimum atomic E-state index is 0.0724. The molecule has 3 nitrogen and oxygen atoms in total. The molecule has 0 aromatic carbocycles. The van der Waals surface area contributed by atoms with E-state index in [4.69, 9.17) is 0 Å². The molecule has 2 rings (SSSR count). The molecule has 0 unspecified atom stereocenters. The Kier molecular flexibility index (Phi) is 3.44. The van der Waals surface area contributed by atoms with Crippen molar-refractivity contribution in [1.82, 2.24) is 9.88 Å². The van der Waals surface area contributed by atoms with Gasteiger partial charge in [0.1, 0.15) is 0 Å². The molecular formula is C13H20N2O. The lowest BCUT2D eigenvalue weighted by Gasteiger charge is -2.25. The van der Waals surface area contributed by atoms with Gasteiger partial charge in [-0.15, -0.1) is 0 Å². The summed E-state index contributed by atoms with van der Waals surface area (Å²) in [5, 5.41) is 0. The van der Waals surface area contributed by atoms with Crippen molar-refractivity contribution >= 4 is 0 Å². The molecule has 0 bridgehead atoms. The standard InChI is InChI=1S/C13H20N2O/c1-10(2)9-15-8-4-6-12(15)11-5-3-7-14-13(11)16/h3,5,7,10,12H,4,6,8-9H2,1-2H3,(H,14,16)/t12-/m0/s1. The van der Waals surface area contributed by atoms with Gasteiger partial charge in [0.25, 0.3) is 5.56 Å². The van der Waals surface area contributed by atoms with Crippen LogP contribution in [0.5, 0.6) is 0 Å². The second-order valence-electron chi connectivity index (χ2n) is 5.00. The van der Waals surface area contributed by atoms with Crippen molar-refractivity contribution in [2.24, 2.45) is 5.92 Å². The zero-order valence-corrected chi connectivity index (χ0v) is 10.1. The first-order valence-electron chi connectivity index (χ1n) is 6.10. The molecule has 2 heterocycles. The molecule has 0 spiro atoms. The zero-order valence-electron chi connectivity index (χ0n) is 10.1. The number of hydrogen-bond acceptors (Lipinski definition) is 2. The van der Waals surface area contributed by atoms with Crippen molar-refractivity contribution < 1.29 is 0 Å². The Hall–Kier alpha value is -1.09. The number of rotatable bonds is 3. The van der Waals surface area contributed by atoms with Crippen LogP contribution in [0.25, 0.3) is 0 Å². The number of pyridine rings is 1. The van der Waals surface area contributed by atoms with Gasteiger partial charge in [0.05, 0.1) is 0 Å². The molecule has 16 heavy (non-hydrogen) atoms. The fraction of sp³-hybridized carbons (Fsp3) is 0.615. The zero-order chi connectivity index (χ0) is 11.5. The Bertz CT molecular complexity index is 397. The van der Waals surface area contributed by atoms with Crippen LogP contribution in [0.3, 0.4) is 0 Å². The maximum Gasteiger partial charge on any atom is 0.252 e. The molecule has 0 aliphatic carbocycles. The number of H-pyrrole nitrogens is 1. The Labute approximate surface area is 96.5 Å². The van der Waals surface area contributed by atoms with E-state index >= 15 is 0 Å².